The first-order valence-electron chi connectivity index (χ1n) is 3.78. The maximum Gasteiger partial charge on any atom is 0.0351 e. The van der Waals surface area contributed by atoms with Crippen LogP contribution in [0.3, 0.4) is 0 Å². The maximum atomic E-state index is 6.09. The van der Waals surface area contributed by atoms with E-state index < -0.39 is 0 Å². The molecule has 2 unspecified atom stereocenters. The third-order valence-corrected chi connectivity index (χ3v) is 3.34. The SMILES string of the molecule is CC1(C)CC(Cl)CC(I)C1. The predicted octanol–water partition coefficient (Wildman–Crippen LogP) is 3.61. The third kappa shape index (κ3) is 2.57. The van der Waals surface area contributed by atoms with Gasteiger partial charge in [-0.2, -0.15) is 0 Å². The summed E-state index contributed by atoms with van der Waals surface area (Å²) >= 11 is 8.60. The summed E-state index contributed by atoms with van der Waals surface area (Å²) in [6, 6.07) is 0. The van der Waals surface area contributed by atoms with Crippen molar-refractivity contribution >= 4 is 34.2 Å². The number of alkyl halides is 2. The van der Waals surface area contributed by atoms with Gasteiger partial charge in [-0.25, -0.2) is 0 Å². The molecule has 60 valence electrons. The molecule has 1 rings (SSSR count). The topological polar surface area (TPSA) is 0 Å². The average Bonchev–Trinajstić information content (AvgIpc) is 1.54. The molecule has 0 aromatic rings. The second-order valence-electron chi connectivity index (χ2n) is 4.00. The van der Waals surface area contributed by atoms with E-state index in [4.69, 9.17) is 11.6 Å². The van der Waals surface area contributed by atoms with Gasteiger partial charge >= 0.3 is 0 Å². The van der Waals surface area contributed by atoms with Crippen molar-refractivity contribution in [1.82, 2.24) is 0 Å². The summed E-state index contributed by atoms with van der Waals surface area (Å²) in [4.78, 5) is 0. The molecule has 0 aliphatic heterocycles. The Balaban J connectivity index is 2.51. The van der Waals surface area contributed by atoms with Gasteiger partial charge < -0.3 is 0 Å². The highest BCUT2D eigenvalue weighted by atomic mass is 127. The van der Waals surface area contributed by atoms with Crippen molar-refractivity contribution in [2.24, 2.45) is 5.41 Å². The molecule has 0 amide bonds. The summed E-state index contributed by atoms with van der Waals surface area (Å²) in [6.07, 6.45) is 3.72. The number of halogens is 2. The summed E-state index contributed by atoms with van der Waals surface area (Å²) in [5, 5.41) is 0.422. The first kappa shape index (κ1) is 9.11. The average molecular weight is 273 g/mol. The summed E-state index contributed by atoms with van der Waals surface area (Å²) in [6.45, 7) is 4.63. The molecule has 0 spiro atoms. The van der Waals surface area contributed by atoms with Gasteiger partial charge in [-0.1, -0.05) is 36.4 Å². The lowest BCUT2D eigenvalue weighted by Gasteiger charge is -2.35. The first-order chi connectivity index (χ1) is 4.49. The lowest BCUT2D eigenvalue weighted by Crippen LogP contribution is -2.29. The Labute approximate surface area is 81.9 Å². The Kier molecular flexibility index (Phi) is 2.89. The standard InChI is InChI=1S/C8H14ClI/c1-8(2)4-6(9)3-7(10)5-8/h6-7H,3-5H2,1-2H3. The van der Waals surface area contributed by atoms with E-state index in [1.165, 1.54) is 19.3 Å². The summed E-state index contributed by atoms with van der Waals surface area (Å²) < 4.78 is 0.795. The minimum Gasteiger partial charge on any atom is -0.123 e. The molecule has 0 heterocycles. The van der Waals surface area contributed by atoms with Crippen LogP contribution in [0.2, 0.25) is 0 Å². The molecule has 0 bridgehead atoms. The van der Waals surface area contributed by atoms with Crippen molar-refractivity contribution in [3.63, 3.8) is 0 Å². The van der Waals surface area contributed by atoms with Gasteiger partial charge in [-0.05, 0) is 24.7 Å². The van der Waals surface area contributed by atoms with Gasteiger partial charge in [-0.3, -0.25) is 0 Å². The molecule has 0 aromatic carbocycles. The molecule has 10 heavy (non-hydrogen) atoms. The van der Waals surface area contributed by atoms with Gasteiger partial charge in [0.1, 0.15) is 0 Å². The van der Waals surface area contributed by atoms with E-state index in [1.54, 1.807) is 0 Å². The Morgan fingerprint density at radius 3 is 2.40 bits per heavy atom. The van der Waals surface area contributed by atoms with E-state index in [1.807, 2.05) is 0 Å². The van der Waals surface area contributed by atoms with Gasteiger partial charge in [0.15, 0.2) is 0 Å². The van der Waals surface area contributed by atoms with Crippen LogP contribution in [0.15, 0.2) is 0 Å². The van der Waals surface area contributed by atoms with E-state index >= 15 is 0 Å². The fourth-order valence-electron chi connectivity index (χ4n) is 1.73. The van der Waals surface area contributed by atoms with Gasteiger partial charge in [-0.15, -0.1) is 11.6 Å². The molecule has 0 radical (unpaired) electrons. The van der Waals surface area contributed by atoms with Gasteiger partial charge in [0.2, 0.25) is 0 Å². The Hall–Kier alpha value is 1.02. The van der Waals surface area contributed by atoms with Crippen molar-refractivity contribution in [3.05, 3.63) is 0 Å². The lowest BCUT2D eigenvalue weighted by atomic mass is 9.77. The van der Waals surface area contributed by atoms with E-state index in [0.717, 1.165) is 3.92 Å². The summed E-state index contributed by atoms with van der Waals surface area (Å²) in [7, 11) is 0. The second-order valence-corrected chi connectivity index (χ2v) is 6.38. The number of hydrogen-bond donors (Lipinski definition) is 0. The molecule has 1 fully saturated rings. The van der Waals surface area contributed by atoms with Gasteiger partial charge in [0, 0.05) is 9.30 Å². The van der Waals surface area contributed by atoms with E-state index in [2.05, 4.69) is 36.4 Å². The quantitative estimate of drug-likeness (QED) is 0.467. The molecule has 1 aliphatic rings. The highest BCUT2D eigenvalue weighted by molar-refractivity contribution is 14.1. The smallest absolute Gasteiger partial charge is 0.0351 e. The van der Waals surface area contributed by atoms with E-state index in [0.29, 0.717) is 10.8 Å². The van der Waals surface area contributed by atoms with Crippen LogP contribution in [0.4, 0.5) is 0 Å². The Morgan fingerprint density at radius 1 is 1.40 bits per heavy atom. The predicted molar refractivity (Wildman–Crippen MR) is 55.1 cm³/mol. The normalized spacial score (nSPS) is 39.6. The van der Waals surface area contributed by atoms with Crippen LogP contribution >= 0.6 is 34.2 Å². The van der Waals surface area contributed by atoms with Crippen molar-refractivity contribution < 1.29 is 0 Å². The molecule has 0 N–H and O–H groups in total. The zero-order valence-corrected chi connectivity index (χ0v) is 9.45. The Bertz CT molecular complexity index is 110. The fourth-order valence-corrected chi connectivity index (χ4v) is 4.47. The largest absolute Gasteiger partial charge is 0.123 e. The van der Waals surface area contributed by atoms with Crippen molar-refractivity contribution in [3.8, 4) is 0 Å². The van der Waals surface area contributed by atoms with Crippen LogP contribution in [0, 0.1) is 5.41 Å². The van der Waals surface area contributed by atoms with Crippen molar-refractivity contribution in [2.45, 2.75) is 42.4 Å². The summed E-state index contributed by atoms with van der Waals surface area (Å²) in [5.41, 5.74) is 0.483. The van der Waals surface area contributed by atoms with Gasteiger partial charge in [0.05, 0.1) is 0 Å². The van der Waals surface area contributed by atoms with Crippen LogP contribution in [0.25, 0.3) is 0 Å². The van der Waals surface area contributed by atoms with Crippen LogP contribution in [-0.4, -0.2) is 9.30 Å². The molecule has 2 heteroatoms. The second kappa shape index (κ2) is 3.18. The van der Waals surface area contributed by atoms with Crippen molar-refractivity contribution in [2.75, 3.05) is 0 Å². The van der Waals surface area contributed by atoms with Crippen LogP contribution in [0.1, 0.15) is 33.1 Å². The maximum absolute atomic E-state index is 6.09. The molecule has 2 atom stereocenters. The third-order valence-electron chi connectivity index (χ3n) is 2.06. The molecular formula is C8H14ClI. The molecule has 1 saturated carbocycles. The molecule has 0 saturated heterocycles. The monoisotopic (exact) mass is 272 g/mol. The highest BCUT2D eigenvalue weighted by Crippen LogP contribution is 2.40. The highest BCUT2D eigenvalue weighted by Gasteiger charge is 2.31. The molecule has 1 aliphatic carbocycles. The molecule has 0 aromatic heterocycles. The number of rotatable bonds is 0. The lowest BCUT2D eigenvalue weighted by molar-refractivity contribution is 0.260. The van der Waals surface area contributed by atoms with Crippen LogP contribution in [-0.2, 0) is 0 Å². The van der Waals surface area contributed by atoms with Crippen LogP contribution < -0.4 is 0 Å². The molecule has 0 nitrogen and oxygen atoms in total. The van der Waals surface area contributed by atoms with Crippen LogP contribution in [0.5, 0.6) is 0 Å². The first-order valence-corrected chi connectivity index (χ1v) is 5.46. The minimum absolute atomic E-state index is 0.422. The summed E-state index contributed by atoms with van der Waals surface area (Å²) in [5.74, 6) is 0. The Morgan fingerprint density at radius 2 is 2.00 bits per heavy atom. The minimum atomic E-state index is 0.422. The van der Waals surface area contributed by atoms with E-state index in [-0.39, 0.29) is 0 Å². The van der Waals surface area contributed by atoms with Gasteiger partial charge in [0.25, 0.3) is 0 Å². The number of hydrogen-bond acceptors (Lipinski definition) is 0. The zero-order chi connectivity index (χ0) is 7.78. The molecular weight excluding hydrogens is 258 g/mol. The fraction of sp³-hybridized carbons (Fsp3) is 1.00. The zero-order valence-electron chi connectivity index (χ0n) is 6.53. The van der Waals surface area contributed by atoms with Crippen molar-refractivity contribution in [1.29, 1.82) is 0 Å². The van der Waals surface area contributed by atoms with E-state index in [9.17, 15) is 0 Å².